The molecular formula is C39H73O9P. The van der Waals surface area contributed by atoms with E-state index < -0.39 is 38.1 Å². The summed E-state index contributed by atoms with van der Waals surface area (Å²) < 4.78 is 50.7. The average Bonchev–Trinajstić information content (AvgIpc) is 3.09. The lowest BCUT2D eigenvalue weighted by molar-refractivity contribution is -0.223. The predicted molar refractivity (Wildman–Crippen MR) is 199 cm³/mol. The van der Waals surface area contributed by atoms with Gasteiger partial charge in [-0.2, -0.15) is 0 Å². The normalized spacial score (nSPS) is 14.4. The lowest BCUT2D eigenvalue weighted by Crippen LogP contribution is -2.32. The fourth-order valence-electron chi connectivity index (χ4n) is 5.25. The monoisotopic (exact) mass is 716 g/mol. The molecule has 288 valence electrons. The highest BCUT2D eigenvalue weighted by Crippen LogP contribution is 2.56. The Kier molecular flexibility index (Phi) is 32.6. The largest absolute Gasteiger partial charge is 0.432 e. The molecule has 0 bridgehead atoms. The van der Waals surface area contributed by atoms with Gasteiger partial charge in [0.1, 0.15) is 0 Å². The zero-order valence-electron chi connectivity index (χ0n) is 31.8. The highest BCUT2D eigenvalue weighted by molar-refractivity contribution is 7.54. The Morgan fingerprint density at radius 2 is 0.939 bits per heavy atom. The molecule has 0 spiro atoms. The number of unbranched alkanes of at least 4 members (excludes halogenated alkanes) is 18. The van der Waals surface area contributed by atoms with Gasteiger partial charge in [0.25, 0.3) is 6.03 Å². The molecule has 0 heterocycles. The van der Waals surface area contributed by atoms with Gasteiger partial charge in [0, 0.05) is 25.0 Å². The smallest absolute Gasteiger partial charge is 0.389 e. The van der Waals surface area contributed by atoms with Crippen molar-refractivity contribution >= 4 is 19.5 Å². The number of ether oxygens (including phenoxy) is 4. The molecule has 0 aromatic rings. The van der Waals surface area contributed by atoms with Gasteiger partial charge in [-0.3, -0.25) is 9.09 Å². The van der Waals surface area contributed by atoms with E-state index in [0.717, 1.165) is 128 Å². The molecule has 4 atom stereocenters. The molecule has 0 aromatic carbocycles. The van der Waals surface area contributed by atoms with Crippen molar-refractivity contribution in [3.63, 3.8) is 0 Å². The highest BCUT2D eigenvalue weighted by atomic mass is 31.2. The van der Waals surface area contributed by atoms with E-state index in [1.807, 2.05) is 0 Å². The molecule has 0 aliphatic rings. The number of hydrogen-bond acceptors (Lipinski definition) is 9. The zero-order valence-corrected chi connectivity index (χ0v) is 32.7. The van der Waals surface area contributed by atoms with Crippen LogP contribution in [0.25, 0.3) is 0 Å². The first-order chi connectivity index (χ1) is 23.8. The summed E-state index contributed by atoms with van der Waals surface area (Å²) in [6.45, 7) is 16.1. The molecule has 0 aromatic heterocycles. The molecule has 0 aliphatic heterocycles. The van der Waals surface area contributed by atoms with Crippen LogP contribution in [0.5, 0.6) is 0 Å². The number of rotatable bonds is 37. The van der Waals surface area contributed by atoms with Gasteiger partial charge in [-0.05, 0) is 25.7 Å². The van der Waals surface area contributed by atoms with Crippen LogP contribution in [0, 0.1) is 0 Å². The predicted octanol–water partition coefficient (Wildman–Crippen LogP) is 12.1. The Hall–Kier alpha value is -1.51. The summed E-state index contributed by atoms with van der Waals surface area (Å²) in [5.74, 6) is -1.33. The van der Waals surface area contributed by atoms with Crippen molar-refractivity contribution in [1.29, 1.82) is 0 Å². The number of esters is 2. The van der Waals surface area contributed by atoms with Crippen LogP contribution in [0.15, 0.2) is 25.3 Å². The molecule has 0 fully saturated rings. The van der Waals surface area contributed by atoms with Gasteiger partial charge in [0.15, 0.2) is 0 Å². The van der Waals surface area contributed by atoms with E-state index in [9.17, 15) is 14.2 Å². The van der Waals surface area contributed by atoms with Crippen molar-refractivity contribution < 1.29 is 42.1 Å². The number of carbonyl (C=O) groups excluding carboxylic acids is 2. The van der Waals surface area contributed by atoms with Crippen LogP contribution >= 0.6 is 7.60 Å². The second-order valence-corrected chi connectivity index (χ2v) is 14.8. The molecule has 0 radical (unpaired) electrons. The summed E-state index contributed by atoms with van der Waals surface area (Å²) in [7, 11) is -4.27. The Labute approximate surface area is 300 Å². The Bertz CT molecular complexity index is 865. The molecule has 9 nitrogen and oxygen atoms in total. The van der Waals surface area contributed by atoms with Crippen molar-refractivity contribution in [2.24, 2.45) is 0 Å². The molecule has 0 rings (SSSR count). The van der Waals surface area contributed by atoms with E-state index in [-0.39, 0.29) is 13.2 Å². The van der Waals surface area contributed by atoms with Gasteiger partial charge in [0.2, 0.25) is 12.6 Å². The van der Waals surface area contributed by atoms with E-state index in [2.05, 4.69) is 40.9 Å². The third kappa shape index (κ3) is 26.9. The average molecular weight is 717 g/mol. The second-order valence-electron chi connectivity index (χ2n) is 12.9. The fraction of sp³-hybridized carbons (Fsp3) is 0.846. The summed E-state index contributed by atoms with van der Waals surface area (Å²) in [5.41, 5.74) is 0. The summed E-state index contributed by atoms with van der Waals surface area (Å²) in [6, 6.07) is -1.49. The molecule has 49 heavy (non-hydrogen) atoms. The summed E-state index contributed by atoms with van der Waals surface area (Å²) in [5, 5.41) is 0. The Balaban J connectivity index is 6.26. The first kappa shape index (κ1) is 47.5. The van der Waals surface area contributed by atoms with Gasteiger partial charge >= 0.3 is 19.5 Å². The van der Waals surface area contributed by atoms with E-state index in [1.165, 1.54) is 12.8 Å². The van der Waals surface area contributed by atoms with Crippen LogP contribution in [0.4, 0.5) is 0 Å². The van der Waals surface area contributed by atoms with Crippen LogP contribution in [0.1, 0.15) is 182 Å². The molecule has 0 N–H and O–H groups in total. The van der Waals surface area contributed by atoms with Crippen molar-refractivity contribution in [3.8, 4) is 0 Å². The Morgan fingerprint density at radius 1 is 0.551 bits per heavy atom. The first-order valence-electron chi connectivity index (χ1n) is 19.7. The SMILES string of the molecule is C=CC(=O)OC(CCCCCCC)OC(OCCCCCCCC)P(=O)(OCCCCCCCC)OC(CCCCCCC)OC(=O)C=C. The van der Waals surface area contributed by atoms with E-state index >= 15 is 0 Å². The van der Waals surface area contributed by atoms with Gasteiger partial charge in [-0.1, -0.05) is 156 Å². The summed E-state index contributed by atoms with van der Waals surface area (Å²) in [4.78, 5) is 24.7. The van der Waals surface area contributed by atoms with Crippen LogP contribution in [0.2, 0.25) is 0 Å². The molecule has 4 unspecified atom stereocenters. The molecular weight excluding hydrogens is 643 g/mol. The topological polar surface area (TPSA) is 107 Å². The lowest BCUT2D eigenvalue weighted by Gasteiger charge is -2.32. The summed E-state index contributed by atoms with van der Waals surface area (Å²) in [6.07, 6.45) is 22.7. The van der Waals surface area contributed by atoms with Gasteiger partial charge in [-0.25, -0.2) is 9.59 Å². The standard InChI is InChI=1S/C39H73O9P/c1-7-13-17-21-25-29-33-43-39(47-37(45-35(40)11-5)31-27-23-19-15-9-3)49(42,44-34-30-26-22-18-14-8-2)48-38(46-36(41)12-6)32-28-24-20-16-10-4/h11-12,37-39H,5-10,13-34H2,1-4H3. The molecule has 10 heteroatoms. The molecule has 0 saturated heterocycles. The van der Waals surface area contributed by atoms with Crippen LogP contribution in [-0.4, -0.2) is 43.8 Å². The van der Waals surface area contributed by atoms with Gasteiger partial charge in [-0.15, -0.1) is 0 Å². The maximum Gasteiger partial charge on any atom is 0.389 e. The van der Waals surface area contributed by atoms with Gasteiger partial charge < -0.3 is 23.5 Å². The number of carbonyl (C=O) groups is 2. The van der Waals surface area contributed by atoms with Gasteiger partial charge in [0.05, 0.1) is 13.2 Å². The molecule has 0 amide bonds. The molecule has 0 saturated carbocycles. The van der Waals surface area contributed by atoms with Crippen molar-refractivity contribution in [3.05, 3.63) is 25.3 Å². The fourth-order valence-corrected chi connectivity index (χ4v) is 6.97. The highest BCUT2D eigenvalue weighted by Gasteiger charge is 2.43. The van der Waals surface area contributed by atoms with E-state index in [0.29, 0.717) is 25.7 Å². The minimum Gasteiger partial charge on any atom is -0.432 e. The maximum absolute atomic E-state index is 14.9. The van der Waals surface area contributed by atoms with Crippen LogP contribution in [-0.2, 0) is 42.1 Å². The van der Waals surface area contributed by atoms with Crippen molar-refractivity contribution in [2.45, 2.75) is 200 Å². The third-order valence-corrected chi connectivity index (χ3v) is 10.1. The Morgan fingerprint density at radius 3 is 1.41 bits per heavy atom. The third-order valence-electron chi connectivity index (χ3n) is 8.23. The van der Waals surface area contributed by atoms with E-state index in [1.54, 1.807) is 0 Å². The maximum atomic E-state index is 14.9. The van der Waals surface area contributed by atoms with Crippen molar-refractivity contribution in [1.82, 2.24) is 0 Å². The number of hydrogen-bond donors (Lipinski definition) is 0. The van der Waals surface area contributed by atoms with Crippen LogP contribution < -0.4 is 0 Å². The molecule has 0 aliphatic carbocycles. The first-order valence-corrected chi connectivity index (χ1v) is 21.3. The lowest BCUT2D eigenvalue weighted by atomic mass is 10.1. The quantitative estimate of drug-likeness (QED) is 0.0204. The minimum absolute atomic E-state index is 0.149. The van der Waals surface area contributed by atoms with Crippen LogP contribution in [0.3, 0.4) is 0 Å². The van der Waals surface area contributed by atoms with Crippen molar-refractivity contribution in [2.75, 3.05) is 13.2 Å². The summed E-state index contributed by atoms with van der Waals surface area (Å²) >= 11 is 0. The second kappa shape index (κ2) is 33.6. The zero-order chi connectivity index (χ0) is 36.4. The minimum atomic E-state index is -4.27. The van der Waals surface area contributed by atoms with E-state index in [4.69, 9.17) is 28.0 Å².